The molecule has 0 unspecified atom stereocenters. The second-order valence-electron chi connectivity index (χ2n) is 9.14. The number of aliphatic hydroxyl groups excluding tert-OH is 1. The summed E-state index contributed by atoms with van der Waals surface area (Å²) in [4.78, 5) is 11.9. The average molecular weight is 346 g/mol. The zero-order valence-electron chi connectivity index (χ0n) is 16.0. The Morgan fingerprint density at radius 2 is 1.83 bits per heavy atom. The van der Waals surface area contributed by atoms with Gasteiger partial charge in [-0.15, -0.1) is 0 Å². The van der Waals surface area contributed by atoms with Crippen LogP contribution in [0.1, 0.15) is 48.0 Å². The first-order chi connectivity index (χ1) is 10.3. The minimum absolute atomic E-state index is 0.0550. The predicted molar refractivity (Wildman–Crippen MR) is 95.0 cm³/mol. The highest BCUT2D eigenvalue weighted by Gasteiger charge is 2.47. The molecule has 1 saturated carbocycles. The van der Waals surface area contributed by atoms with E-state index in [1.54, 1.807) is 0 Å². The zero-order chi connectivity index (χ0) is 18.1. The van der Waals surface area contributed by atoms with Crippen LogP contribution in [0.3, 0.4) is 0 Å². The maximum Gasteiger partial charge on any atom is 0.407 e. The van der Waals surface area contributed by atoms with E-state index in [4.69, 9.17) is 9.16 Å². The van der Waals surface area contributed by atoms with Crippen molar-refractivity contribution >= 4 is 14.4 Å². The first-order valence-electron chi connectivity index (χ1n) is 8.52. The molecule has 0 aromatic heterocycles. The standard InChI is InChI=1S/C17H35NO4Si/c1-16(2,3)21-15(20)18-10-14(13-9-12(13)11-19)22-23(7,8)17(4,5)6/h12-14,19H,9-11H2,1-8H3,(H,18,20)/t12-,13+,14+/m1/s1. The van der Waals surface area contributed by atoms with Gasteiger partial charge >= 0.3 is 6.09 Å². The van der Waals surface area contributed by atoms with Gasteiger partial charge in [-0.2, -0.15) is 0 Å². The first kappa shape index (κ1) is 20.5. The van der Waals surface area contributed by atoms with Crippen LogP contribution < -0.4 is 5.32 Å². The van der Waals surface area contributed by atoms with Crippen LogP contribution in [0.4, 0.5) is 4.79 Å². The van der Waals surface area contributed by atoms with Crippen molar-refractivity contribution in [3.8, 4) is 0 Å². The van der Waals surface area contributed by atoms with Gasteiger partial charge < -0.3 is 19.6 Å². The molecule has 0 aromatic rings. The van der Waals surface area contributed by atoms with Crippen molar-refractivity contribution in [3.05, 3.63) is 0 Å². The minimum Gasteiger partial charge on any atom is -0.444 e. The Kier molecular flexibility index (Phi) is 6.32. The second kappa shape index (κ2) is 7.11. The molecule has 6 heteroatoms. The lowest BCUT2D eigenvalue weighted by Gasteiger charge is -2.39. The lowest BCUT2D eigenvalue weighted by atomic mass is 10.2. The van der Waals surface area contributed by atoms with Gasteiger partial charge in [-0.1, -0.05) is 20.8 Å². The molecule has 3 atom stereocenters. The monoisotopic (exact) mass is 345 g/mol. The third kappa shape index (κ3) is 6.43. The second-order valence-corrected chi connectivity index (χ2v) is 13.9. The van der Waals surface area contributed by atoms with E-state index in [2.05, 4.69) is 39.2 Å². The summed E-state index contributed by atoms with van der Waals surface area (Å²) < 4.78 is 11.8. The Hall–Kier alpha value is -0.593. The van der Waals surface area contributed by atoms with Gasteiger partial charge in [0.05, 0.1) is 6.10 Å². The predicted octanol–water partition coefficient (Wildman–Crippen LogP) is 3.53. The molecule has 0 heterocycles. The van der Waals surface area contributed by atoms with Crippen molar-refractivity contribution < 1.29 is 19.1 Å². The summed E-state index contributed by atoms with van der Waals surface area (Å²) in [7, 11) is -1.93. The van der Waals surface area contributed by atoms with E-state index in [-0.39, 0.29) is 17.7 Å². The summed E-state index contributed by atoms with van der Waals surface area (Å²) in [5.74, 6) is 0.620. The van der Waals surface area contributed by atoms with E-state index in [1.165, 1.54) is 0 Å². The fraction of sp³-hybridized carbons (Fsp3) is 0.941. The quantitative estimate of drug-likeness (QED) is 0.723. The Balaban J connectivity index is 2.66. The molecule has 0 aliphatic heterocycles. The van der Waals surface area contributed by atoms with Crippen molar-refractivity contribution in [2.45, 2.75) is 77.8 Å². The molecule has 0 aromatic carbocycles. The maximum absolute atomic E-state index is 11.9. The van der Waals surface area contributed by atoms with Crippen LogP contribution in [0.15, 0.2) is 0 Å². The molecule has 1 fully saturated rings. The van der Waals surface area contributed by atoms with E-state index in [1.807, 2.05) is 20.8 Å². The molecule has 0 spiro atoms. The Morgan fingerprint density at radius 3 is 2.22 bits per heavy atom. The van der Waals surface area contributed by atoms with Crippen LogP contribution in [0.5, 0.6) is 0 Å². The lowest BCUT2D eigenvalue weighted by molar-refractivity contribution is 0.0484. The number of hydrogen-bond acceptors (Lipinski definition) is 4. The average Bonchev–Trinajstić information content (AvgIpc) is 3.10. The number of carbonyl (C=O) groups is 1. The van der Waals surface area contributed by atoms with Gasteiger partial charge in [0.2, 0.25) is 0 Å². The van der Waals surface area contributed by atoms with Gasteiger partial charge in [0.15, 0.2) is 8.32 Å². The van der Waals surface area contributed by atoms with Gasteiger partial charge in [-0.25, -0.2) is 4.79 Å². The van der Waals surface area contributed by atoms with Crippen molar-refractivity contribution in [3.63, 3.8) is 0 Å². The SMILES string of the molecule is CC(C)(C)OC(=O)NC[C@H](O[Si](C)(C)C(C)(C)C)[C@H]1C[C@@H]1CO. The summed E-state index contributed by atoms with van der Waals surface area (Å²) in [5, 5.41) is 12.3. The lowest BCUT2D eigenvalue weighted by Crippen LogP contribution is -2.48. The number of nitrogens with one attached hydrogen (secondary N) is 1. The number of ether oxygens (including phenoxy) is 1. The molecule has 0 bridgehead atoms. The normalized spacial score (nSPS) is 23.3. The van der Waals surface area contributed by atoms with Crippen LogP contribution in [-0.2, 0) is 9.16 Å². The highest BCUT2D eigenvalue weighted by molar-refractivity contribution is 6.74. The minimum atomic E-state index is -1.93. The van der Waals surface area contributed by atoms with Gasteiger partial charge in [-0.3, -0.25) is 0 Å². The van der Waals surface area contributed by atoms with Crippen molar-refractivity contribution in [1.82, 2.24) is 5.32 Å². The van der Waals surface area contributed by atoms with Crippen molar-refractivity contribution in [2.75, 3.05) is 13.2 Å². The molecule has 0 radical (unpaired) electrons. The molecule has 1 aliphatic rings. The summed E-state index contributed by atoms with van der Waals surface area (Å²) >= 11 is 0. The van der Waals surface area contributed by atoms with Crippen molar-refractivity contribution in [1.29, 1.82) is 0 Å². The third-order valence-electron chi connectivity index (χ3n) is 4.79. The smallest absolute Gasteiger partial charge is 0.407 e. The number of amides is 1. The van der Waals surface area contributed by atoms with Gasteiger partial charge in [-0.05, 0) is 57.2 Å². The first-order valence-corrected chi connectivity index (χ1v) is 11.4. The molecule has 0 saturated heterocycles. The van der Waals surface area contributed by atoms with Gasteiger partial charge in [0.1, 0.15) is 5.60 Å². The fourth-order valence-electron chi connectivity index (χ4n) is 2.27. The number of rotatable bonds is 6. The van der Waals surface area contributed by atoms with Crippen LogP contribution in [0.2, 0.25) is 18.1 Å². The van der Waals surface area contributed by atoms with Crippen LogP contribution in [0.25, 0.3) is 0 Å². The van der Waals surface area contributed by atoms with E-state index in [0.717, 1.165) is 6.42 Å². The molecule has 1 amide bonds. The summed E-state index contributed by atoms with van der Waals surface area (Å²) in [5.41, 5.74) is -0.507. The van der Waals surface area contributed by atoms with Crippen LogP contribution in [0, 0.1) is 11.8 Å². The van der Waals surface area contributed by atoms with Crippen molar-refractivity contribution in [2.24, 2.45) is 11.8 Å². The highest BCUT2D eigenvalue weighted by atomic mass is 28.4. The summed E-state index contributed by atoms with van der Waals surface area (Å²) in [6, 6.07) is 0. The number of aliphatic hydroxyl groups is 1. The molecule has 2 N–H and O–H groups in total. The Labute approximate surface area is 142 Å². The number of alkyl carbamates (subject to hydrolysis) is 1. The largest absolute Gasteiger partial charge is 0.444 e. The molecule has 5 nitrogen and oxygen atoms in total. The Bertz CT molecular complexity index is 412. The van der Waals surface area contributed by atoms with Crippen LogP contribution >= 0.6 is 0 Å². The molecule has 136 valence electrons. The van der Waals surface area contributed by atoms with Gasteiger partial charge in [0, 0.05) is 13.2 Å². The highest BCUT2D eigenvalue weighted by Crippen LogP contribution is 2.45. The number of carbonyl (C=O) groups excluding carboxylic acids is 1. The van der Waals surface area contributed by atoms with Gasteiger partial charge in [0.25, 0.3) is 0 Å². The zero-order valence-corrected chi connectivity index (χ0v) is 17.0. The van der Waals surface area contributed by atoms with E-state index >= 15 is 0 Å². The van der Waals surface area contributed by atoms with E-state index in [9.17, 15) is 9.90 Å². The van der Waals surface area contributed by atoms with Crippen LogP contribution in [-0.4, -0.2) is 44.4 Å². The summed E-state index contributed by atoms with van der Waals surface area (Å²) in [6.45, 7) is 17.2. The van der Waals surface area contributed by atoms with E-state index < -0.39 is 20.0 Å². The fourth-order valence-corrected chi connectivity index (χ4v) is 3.64. The topological polar surface area (TPSA) is 67.8 Å². The number of hydrogen-bond donors (Lipinski definition) is 2. The summed E-state index contributed by atoms with van der Waals surface area (Å²) in [6.07, 6.45) is 0.495. The van der Waals surface area contributed by atoms with E-state index in [0.29, 0.717) is 18.4 Å². The molecular formula is C17H35NO4Si. The third-order valence-corrected chi connectivity index (χ3v) is 9.29. The Morgan fingerprint density at radius 1 is 1.26 bits per heavy atom. The maximum atomic E-state index is 11.9. The molecular weight excluding hydrogens is 310 g/mol. The molecule has 23 heavy (non-hydrogen) atoms. The molecule has 1 aliphatic carbocycles. The molecule has 1 rings (SSSR count).